The van der Waals surface area contributed by atoms with Crippen molar-refractivity contribution in [2.24, 2.45) is 0 Å². The molecule has 1 heterocycles. The Balaban J connectivity index is 2.16. The van der Waals surface area contributed by atoms with Gasteiger partial charge in [-0.1, -0.05) is 12.1 Å². The molecule has 0 saturated carbocycles. The van der Waals surface area contributed by atoms with Gasteiger partial charge in [-0.2, -0.15) is 0 Å². The van der Waals surface area contributed by atoms with Gasteiger partial charge in [0.25, 0.3) is 0 Å². The zero-order valence-electron chi connectivity index (χ0n) is 8.13. The smallest absolute Gasteiger partial charge is 0.0885 e. The van der Waals surface area contributed by atoms with Crippen molar-refractivity contribution in [1.82, 2.24) is 0 Å². The molecule has 1 nitrogen and oxygen atoms in total. The van der Waals surface area contributed by atoms with E-state index in [0.29, 0.717) is 12.2 Å². The predicted octanol–water partition coefficient (Wildman–Crippen LogP) is 2.17. The molecule has 0 radical (unpaired) electrons. The molecule has 13 heavy (non-hydrogen) atoms. The van der Waals surface area contributed by atoms with E-state index in [1.807, 2.05) is 0 Å². The minimum Gasteiger partial charge on any atom is -0.369 e. The zero-order chi connectivity index (χ0) is 9.00. The quantitative estimate of drug-likeness (QED) is 0.549. The van der Waals surface area contributed by atoms with Crippen molar-refractivity contribution in [3.05, 3.63) is 34.4 Å². The number of benzene rings is 1. The van der Waals surface area contributed by atoms with E-state index in [9.17, 15) is 0 Å². The van der Waals surface area contributed by atoms with E-state index in [2.05, 4.69) is 26.0 Å². The van der Waals surface area contributed by atoms with E-state index in [1.165, 1.54) is 11.1 Å². The SMILES string of the molecule is Cc1ccc(C)c2c1CC1OC1C2. The van der Waals surface area contributed by atoms with Gasteiger partial charge in [0.1, 0.15) is 0 Å². The van der Waals surface area contributed by atoms with Crippen LogP contribution in [-0.4, -0.2) is 12.2 Å². The number of fused-ring (bicyclic) bond motifs is 2. The molecular weight excluding hydrogens is 160 g/mol. The Labute approximate surface area is 78.7 Å². The summed E-state index contributed by atoms with van der Waals surface area (Å²) in [7, 11) is 0. The molecule has 1 aromatic carbocycles. The van der Waals surface area contributed by atoms with Crippen molar-refractivity contribution >= 4 is 0 Å². The molecule has 0 N–H and O–H groups in total. The van der Waals surface area contributed by atoms with E-state index in [4.69, 9.17) is 4.74 Å². The van der Waals surface area contributed by atoms with Crippen LogP contribution >= 0.6 is 0 Å². The summed E-state index contributed by atoms with van der Waals surface area (Å²) in [6.45, 7) is 4.42. The van der Waals surface area contributed by atoms with Crippen LogP contribution in [0.25, 0.3) is 0 Å². The van der Waals surface area contributed by atoms with Gasteiger partial charge in [-0.25, -0.2) is 0 Å². The number of hydrogen-bond acceptors (Lipinski definition) is 1. The Morgan fingerprint density at radius 1 is 1.00 bits per heavy atom. The molecule has 0 bridgehead atoms. The average Bonchev–Trinajstić information content (AvgIpc) is 2.87. The normalized spacial score (nSPS) is 29.4. The van der Waals surface area contributed by atoms with Gasteiger partial charge in [0.05, 0.1) is 12.2 Å². The Morgan fingerprint density at radius 3 is 1.92 bits per heavy atom. The van der Waals surface area contributed by atoms with Crippen LogP contribution in [0.15, 0.2) is 12.1 Å². The molecule has 0 amide bonds. The molecule has 1 aliphatic carbocycles. The Hall–Kier alpha value is -0.820. The molecule has 1 fully saturated rings. The summed E-state index contributed by atoms with van der Waals surface area (Å²) in [5.41, 5.74) is 5.99. The van der Waals surface area contributed by atoms with Gasteiger partial charge < -0.3 is 4.74 Å². The highest BCUT2D eigenvalue weighted by molar-refractivity contribution is 5.43. The molecule has 0 aromatic heterocycles. The maximum absolute atomic E-state index is 5.57. The minimum absolute atomic E-state index is 0.549. The second kappa shape index (κ2) is 2.36. The van der Waals surface area contributed by atoms with Crippen molar-refractivity contribution in [3.8, 4) is 0 Å². The molecule has 2 atom stereocenters. The second-order valence-corrected chi connectivity index (χ2v) is 4.28. The minimum atomic E-state index is 0.549. The molecule has 1 saturated heterocycles. The second-order valence-electron chi connectivity index (χ2n) is 4.28. The zero-order valence-corrected chi connectivity index (χ0v) is 8.13. The van der Waals surface area contributed by atoms with Crippen molar-refractivity contribution < 1.29 is 4.74 Å². The van der Waals surface area contributed by atoms with E-state index >= 15 is 0 Å². The number of epoxide rings is 1. The highest BCUT2D eigenvalue weighted by Gasteiger charge is 2.43. The lowest BCUT2D eigenvalue weighted by atomic mass is 9.86. The lowest BCUT2D eigenvalue weighted by Gasteiger charge is -2.17. The van der Waals surface area contributed by atoms with E-state index in [1.54, 1.807) is 11.1 Å². The Morgan fingerprint density at radius 2 is 1.46 bits per heavy atom. The molecule has 2 unspecified atom stereocenters. The average molecular weight is 174 g/mol. The lowest BCUT2D eigenvalue weighted by molar-refractivity contribution is 0.375. The third kappa shape index (κ3) is 1.03. The fourth-order valence-electron chi connectivity index (χ4n) is 2.44. The van der Waals surface area contributed by atoms with Gasteiger partial charge >= 0.3 is 0 Å². The summed E-state index contributed by atoms with van der Waals surface area (Å²) in [4.78, 5) is 0. The first-order valence-corrected chi connectivity index (χ1v) is 4.99. The topological polar surface area (TPSA) is 12.5 Å². The van der Waals surface area contributed by atoms with Gasteiger partial charge in [0.2, 0.25) is 0 Å². The largest absolute Gasteiger partial charge is 0.369 e. The first kappa shape index (κ1) is 7.57. The van der Waals surface area contributed by atoms with Crippen molar-refractivity contribution in [1.29, 1.82) is 0 Å². The maximum Gasteiger partial charge on any atom is 0.0885 e. The van der Waals surface area contributed by atoms with Crippen LogP contribution in [-0.2, 0) is 17.6 Å². The van der Waals surface area contributed by atoms with Gasteiger partial charge in [-0.3, -0.25) is 0 Å². The highest BCUT2D eigenvalue weighted by Crippen LogP contribution is 2.38. The highest BCUT2D eigenvalue weighted by atomic mass is 16.6. The van der Waals surface area contributed by atoms with Crippen LogP contribution in [0.1, 0.15) is 22.3 Å². The maximum atomic E-state index is 5.57. The monoisotopic (exact) mass is 174 g/mol. The molecule has 3 rings (SSSR count). The third-order valence-electron chi connectivity index (χ3n) is 3.40. The summed E-state index contributed by atoms with van der Waals surface area (Å²) in [5.74, 6) is 0. The fraction of sp³-hybridized carbons (Fsp3) is 0.500. The van der Waals surface area contributed by atoms with Crippen LogP contribution in [0.3, 0.4) is 0 Å². The van der Waals surface area contributed by atoms with E-state index in [-0.39, 0.29) is 0 Å². The van der Waals surface area contributed by atoms with Crippen molar-refractivity contribution in [2.45, 2.75) is 38.9 Å². The molecule has 68 valence electrons. The number of aryl methyl sites for hydroxylation is 2. The number of hydrogen-bond donors (Lipinski definition) is 0. The van der Waals surface area contributed by atoms with Gasteiger partial charge in [-0.15, -0.1) is 0 Å². The number of rotatable bonds is 0. The van der Waals surface area contributed by atoms with E-state index < -0.39 is 0 Å². The summed E-state index contributed by atoms with van der Waals surface area (Å²) in [6, 6.07) is 4.47. The van der Waals surface area contributed by atoms with Crippen LogP contribution in [0, 0.1) is 13.8 Å². The summed E-state index contributed by atoms with van der Waals surface area (Å²) in [6.07, 6.45) is 3.39. The lowest BCUT2D eigenvalue weighted by Crippen LogP contribution is -2.14. The molecule has 2 aliphatic rings. The fourth-order valence-corrected chi connectivity index (χ4v) is 2.44. The standard InChI is InChI=1S/C12H14O/c1-7-3-4-8(2)10-6-12-11(13-12)5-9(7)10/h3-4,11-12H,5-6H2,1-2H3. The Bertz CT molecular complexity index is 333. The summed E-state index contributed by atoms with van der Waals surface area (Å²) < 4.78 is 5.57. The van der Waals surface area contributed by atoms with Crippen molar-refractivity contribution in [3.63, 3.8) is 0 Å². The van der Waals surface area contributed by atoms with Gasteiger partial charge in [0.15, 0.2) is 0 Å². The summed E-state index contributed by atoms with van der Waals surface area (Å²) >= 11 is 0. The van der Waals surface area contributed by atoms with Crippen molar-refractivity contribution in [2.75, 3.05) is 0 Å². The van der Waals surface area contributed by atoms with Gasteiger partial charge in [-0.05, 0) is 36.1 Å². The molecule has 1 aromatic rings. The molecule has 0 spiro atoms. The molecule has 1 heteroatoms. The van der Waals surface area contributed by atoms with E-state index in [0.717, 1.165) is 12.8 Å². The summed E-state index contributed by atoms with van der Waals surface area (Å²) in [5, 5.41) is 0. The molecular formula is C12H14O. The Kier molecular flexibility index (Phi) is 1.37. The first-order chi connectivity index (χ1) is 6.25. The van der Waals surface area contributed by atoms with Crippen LogP contribution in [0.5, 0.6) is 0 Å². The molecule has 1 aliphatic heterocycles. The first-order valence-electron chi connectivity index (χ1n) is 4.99. The number of ether oxygens (including phenoxy) is 1. The van der Waals surface area contributed by atoms with Crippen LogP contribution in [0.2, 0.25) is 0 Å². The van der Waals surface area contributed by atoms with Gasteiger partial charge in [0, 0.05) is 12.8 Å². The predicted molar refractivity (Wildman–Crippen MR) is 52.0 cm³/mol. The van der Waals surface area contributed by atoms with Crippen LogP contribution < -0.4 is 0 Å². The third-order valence-corrected chi connectivity index (χ3v) is 3.40. The van der Waals surface area contributed by atoms with Crippen LogP contribution in [0.4, 0.5) is 0 Å².